The molecule has 2 aromatic heterocycles. The molecular formula is C30H26F3N7O3S. The molecule has 4 aromatic rings. The summed E-state index contributed by atoms with van der Waals surface area (Å²) in [5.41, 5.74) is 0.779. The molecule has 14 heteroatoms. The Balaban J connectivity index is 1.17. The number of halogens is 3. The van der Waals surface area contributed by atoms with E-state index in [1.165, 1.54) is 18.9 Å². The number of aromatic amines is 1. The smallest absolute Gasteiger partial charge is 0.433 e. The molecule has 0 spiro atoms. The number of alkyl halides is 3. The highest BCUT2D eigenvalue weighted by Crippen LogP contribution is 2.31. The molecule has 1 fully saturated rings. The van der Waals surface area contributed by atoms with Gasteiger partial charge in [-0.25, -0.2) is 19.8 Å². The van der Waals surface area contributed by atoms with Gasteiger partial charge in [-0.3, -0.25) is 9.59 Å². The number of carbonyl (C=O) groups is 1. The van der Waals surface area contributed by atoms with E-state index in [2.05, 4.69) is 30.1 Å². The van der Waals surface area contributed by atoms with Crippen LogP contribution in [0.15, 0.2) is 70.7 Å². The monoisotopic (exact) mass is 621 g/mol. The summed E-state index contributed by atoms with van der Waals surface area (Å²) >= 11 is 1.30. The van der Waals surface area contributed by atoms with Crippen LogP contribution < -0.4 is 20.5 Å². The summed E-state index contributed by atoms with van der Waals surface area (Å²) in [6.45, 7) is 8.17. The average molecular weight is 622 g/mol. The van der Waals surface area contributed by atoms with E-state index < -0.39 is 17.4 Å². The Morgan fingerprint density at radius 3 is 2.59 bits per heavy atom. The molecule has 0 aliphatic carbocycles. The van der Waals surface area contributed by atoms with E-state index in [1.807, 2.05) is 12.1 Å². The minimum atomic E-state index is -4.55. The lowest BCUT2D eigenvalue weighted by molar-refractivity contribution is -0.141. The summed E-state index contributed by atoms with van der Waals surface area (Å²) < 4.78 is 44.3. The van der Waals surface area contributed by atoms with Gasteiger partial charge in [0.15, 0.2) is 5.16 Å². The van der Waals surface area contributed by atoms with Gasteiger partial charge >= 0.3 is 6.18 Å². The quantitative estimate of drug-likeness (QED) is 0.141. The minimum absolute atomic E-state index is 0.00488. The molecule has 1 saturated heterocycles. The number of carbonyl (C=O) groups excluding carboxylic acids is 1. The van der Waals surface area contributed by atoms with Crippen molar-refractivity contribution in [2.45, 2.75) is 29.9 Å². The number of piperidine rings is 1. The third-order valence-corrected chi connectivity index (χ3v) is 7.95. The lowest BCUT2D eigenvalue weighted by Crippen LogP contribution is -2.39. The third kappa shape index (κ3) is 7.17. The van der Waals surface area contributed by atoms with Gasteiger partial charge in [0.1, 0.15) is 11.4 Å². The van der Waals surface area contributed by atoms with E-state index in [9.17, 15) is 22.8 Å². The Labute approximate surface area is 254 Å². The molecule has 0 unspecified atom stereocenters. The zero-order valence-electron chi connectivity index (χ0n) is 23.4. The van der Waals surface area contributed by atoms with Crippen molar-refractivity contribution in [1.29, 1.82) is 0 Å². The lowest BCUT2D eigenvalue weighted by atomic mass is 9.96. The number of benzene rings is 2. The van der Waals surface area contributed by atoms with E-state index in [4.69, 9.17) is 11.3 Å². The number of hydrogen-bond acceptors (Lipinski definition) is 8. The highest BCUT2D eigenvalue weighted by atomic mass is 32.2. The summed E-state index contributed by atoms with van der Waals surface area (Å²) in [4.78, 5) is 45.3. The molecular weight excluding hydrogens is 595 g/mol. The maximum Gasteiger partial charge on any atom is 0.433 e. The van der Waals surface area contributed by atoms with Gasteiger partial charge in [0.2, 0.25) is 11.9 Å². The topological polar surface area (TPSA) is 117 Å². The Kier molecular flexibility index (Phi) is 9.15. The number of hydrogen-bond donors (Lipinski definition) is 2. The molecule has 0 saturated carbocycles. The number of amides is 1. The number of H-pyrrole nitrogens is 1. The Morgan fingerprint density at radius 1 is 1.16 bits per heavy atom. The van der Waals surface area contributed by atoms with Crippen molar-refractivity contribution in [3.05, 3.63) is 93.8 Å². The predicted molar refractivity (Wildman–Crippen MR) is 160 cm³/mol. The first-order valence-electron chi connectivity index (χ1n) is 13.5. The molecule has 5 rings (SSSR count). The average Bonchev–Trinajstić information content (AvgIpc) is 3.04. The summed E-state index contributed by atoms with van der Waals surface area (Å²) in [6, 6.07) is 15.1. The van der Waals surface area contributed by atoms with Gasteiger partial charge in [0.25, 0.3) is 11.2 Å². The standard InChI is InChI=1S/C30H26F3N7O3S/c1-34-25-24(20-4-3-5-22(16-20)43-2)38-29(39-27(25)42)44-17-18-6-8-21(9-7-18)36-26(41)19-11-14-40(15-12-19)28-35-13-10-23(37-28)30(31,32)33/h3-10,13,16,19H,11-12,14-15,17H2,2H3,(H,36,41)(H,38,39,42). The fraction of sp³-hybridized carbons (Fsp3) is 0.267. The summed E-state index contributed by atoms with van der Waals surface area (Å²) in [5.74, 6) is 0.598. The molecule has 1 aliphatic heterocycles. The molecule has 0 atom stereocenters. The van der Waals surface area contributed by atoms with Crippen LogP contribution in [-0.2, 0) is 16.7 Å². The fourth-order valence-electron chi connectivity index (χ4n) is 4.67. The number of nitrogens with zero attached hydrogens (tertiary/aromatic N) is 5. The second-order valence-corrected chi connectivity index (χ2v) is 10.9. The molecule has 1 aliphatic rings. The van der Waals surface area contributed by atoms with E-state index in [-0.39, 0.29) is 29.2 Å². The third-order valence-electron chi connectivity index (χ3n) is 7.01. The number of methoxy groups -OCH3 is 1. The lowest BCUT2D eigenvalue weighted by Gasteiger charge is -2.31. The largest absolute Gasteiger partial charge is 0.497 e. The van der Waals surface area contributed by atoms with Crippen LogP contribution in [0.1, 0.15) is 24.1 Å². The highest BCUT2D eigenvalue weighted by Gasteiger charge is 2.34. The fourth-order valence-corrected chi connectivity index (χ4v) is 5.49. The maximum absolute atomic E-state index is 13.0. The van der Waals surface area contributed by atoms with Crippen molar-refractivity contribution >= 4 is 35.0 Å². The highest BCUT2D eigenvalue weighted by molar-refractivity contribution is 7.98. The summed E-state index contributed by atoms with van der Waals surface area (Å²) in [7, 11) is 1.53. The molecule has 44 heavy (non-hydrogen) atoms. The second kappa shape index (κ2) is 13.2. The van der Waals surface area contributed by atoms with Crippen LogP contribution in [0.5, 0.6) is 5.75 Å². The number of rotatable bonds is 8. The van der Waals surface area contributed by atoms with Crippen molar-refractivity contribution in [2.75, 3.05) is 30.4 Å². The van der Waals surface area contributed by atoms with Crippen LogP contribution in [0.4, 0.5) is 30.5 Å². The molecule has 2 aromatic carbocycles. The normalized spacial score (nSPS) is 13.8. The Hall–Kier alpha value is -4.90. The van der Waals surface area contributed by atoms with Gasteiger partial charge < -0.3 is 19.9 Å². The van der Waals surface area contributed by atoms with Gasteiger partial charge in [0.05, 0.1) is 19.4 Å². The first-order valence-corrected chi connectivity index (χ1v) is 14.5. The van der Waals surface area contributed by atoms with Gasteiger partial charge in [-0.1, -0.05) is 36.0 Å². The molecule has 1 amide bonds. The van der Waals surface area contributed by atoms with Gasteiger partial charge in [0, 0.05) is 36.6 Å². The van der Waals surface area contributed by atoms with Crippen molar-refractivity contribution in [1.82, 2.24) is 19.9 Å². The van der Waals surface area contributed by atoms with E-state index in [0.29, 0.717) is 53.8 Å². The van der Waals surface area contributed by atoms with Crippen LogP contribution >= 0.6 is 11.8 Å². The van der Waals surface area contributed by atoms with E-state index >= 15 is 0 Å². The predicted octanol–water partition coefficient (Wildman–Crippen LogP) is 5.95. The van der Waals surface area contributed by atoms with Gasteiger partial charge in [-0.05, 0) is 54.3 Å². The zero-order valence-corrected chi connectivity index (χ0v) is 24.2. The molecule has 2 N–H and O–H groups in total. The molecule has 226 valence electrons. The first-order chi connectivity index (χ1) is 21.1. The first kappa shape index (κ1) is 30.6. The number of aromatic nitrogens is 4. The number of ether oxygens (including phenoxy) is 1. The Morgan fingerprint density at radius 2 is 1.91 bits per heavy atom. The summed E-state index contributed by atoms with van der Waals surface area (Å²) in [6.07, 6.45) is -2.55. The second-order valence-electron chi connectivity index (χ2n) is 9.89. The van der Waals surface area contributed by atoms with E-state index in [0.717, 1.165) is 17.8 Å². The van der Waals surface area contributed by atoms with E-state index in [1.54, 1.807) is 41.3 Å². The number of thioether (sulfide) groups is 1. The maximum atomic E-state index is 13.0. The molecule has 0 radical (unpaired) electrons. The van der Waals surface area contributed by atoms with Crippen molar-refractivity contribution in [3.8, 4) is 17.0 Å². The molecule has 10 nitrogen and oxygen atoms in total. The minimum Gasteiger partial charge on any atom is -0.497 e. The van der Waals surface area contributed by atoms with Crippen LogP contribution in [0, 0.1) is 12.5 Å². The van der Waals surface area contributed by atoms with Crippen LogP contribution in [0.3, 0.4) is 0 Å². The molecule has 3 heterocycles. The van der Waals surface area contributed by atoms with Crippen molar-refractivity contribution in [2.24, 2.45) is 5.92 Å². The van der Waals surface area contributed by atoms with Gasteiger partial charge in [-0.15, -0.1) is 0 Å². The molecule has 0 bridgehead atoms. The summed E-state index contributed by atoms with van der Waals surface area (Å²) in [5, 5.41) is 3.27. The van der Waals surface area contributed by atoms with Crippen LogP contribution in [0.2, 0.25) is 0 Å². The Bertz CT molecular complexity index is 1750. The van der Waals surface area contributed by atoms with Crippen LogP contribution in [0.25, 0.3) is 16.1 Å². The van der Waals surface area contributed by atoms with Gasteiger partial charge in [-0.2, -0.15) is 13.2 Å². The van der Waals surface area contributed by atoms with Crippen molar-refractivity contribution in [3.63, 3.8) is 0 Å². The number of anilines is 2. The van der Waals surface area contributed by atoms with Crippen molar-refractivity contribution < 1.29 is 22.7 Å². The zero-order chi connectivity index (χ0) is 31.3. The number of nitrogens with one attached hydrogen (secondary N) is 2. The van der Waals surface area contributed by atoms with Crippen LogP contribution in [-0.4, -0.2) is 46.0 Å². The SMILES string of the molecule is [C-]#[N+]c1c(-c2cccc(OC)c2)nc(SCc2ccc(NC(=O)C3CCN(c4nccc(C(F)(F)F)n4)CC3)cc2)[nH]c1=O.